The molecule has 0 aliphatic heterocycles. The molecule has 2 rings (SSSR count). The molecule has 2 aromatic rings. The topological polar surface area (TPSA) is 33.0 Å². The highest BCUT2D eigenvalue weighted by atomic mass is 16.5. The van der Waals surface area contributed by atoms with E-state index in [2.05, 4.69) is 12.1 Å². The fraction of sp³-hybridized carbons (Fsp3) is 0.0714. The average molecular weight is 208 g/mol. The maximum Gasteiger partial charge on any atom is 0.127 e. The molecule has 0 unspecified atom stereocenters. The third-order valence-corrected chi connectivity index (χ3v) is 2.20. The van der Waals surface area contributed by atoms with Crippen molar-refractivity contribution in [1.82, 2.24) is 0 Å². The molecule has 0 N–H and O–H groups in total. The van der Waals surface area contributed by atoms with Crippen molar-refractivity contribution >= 4 is 0 Å². The number of ether oxygens (including phenoxy) is 1. The number of nitriles is 1. The van der Waals surface area contributed by atoms with Crippen LogP contribution in [0.2, 0.25) is 0 Å². The van der Waals surface area contributed by atoms with Gasteiger partial charge in [0.25, 0.3) is 0 Å². The molecule has 0 fully saturated rings. The first-order valence-electron chi connectivity index (χ1n) is 4.97. The summed E-state index contributed by atoms with van der Waals surface area (Å²) in [7, 11) is 0. The van der Waals surface area contributed by atoms with E-state index in [1.54, 1.807) is 12.1 Å². The summed E-state index contributed by atoms with van der Waals surface area (Å²) in [5.74, 6) is 0.690. The molecule has 2 nitrogen and oxygen atoms in total. The Hall–Kier alpha value is -2.27. The molecule has 0 bridgehead atoms. The van der Waals surface area contributed by atoms with Gasteiger partial charge >= 0.3 is 0 Å². The largest absolute Gasteiger partial charge is 0.488 e. The van der Waals surface area contributed by atoms with Gasteiger partial charge in [0.2, 0.25) is 0 Å². The van der Waals surface area contributed by atoms with Crippen molar-refractivity contribution < 1.29 is 4.74 Å². The summed E-state index contributed by atoms with van der Waals surface area (Å²) in [4.78, 5) is 0. The van der Waals surface area contributed by atoms with Gasteiger partial charge in [0.1, 0.15) is 12.4 Å². The molecule has 0 spiro atoms. The molecule has 0 atom stereocenters. The van der Waals surface area contributed by atoms with Crippen molar-refractivity contribution in [2.24, 2.45) is 0 Å². The first kappa shape index (κ1) is 10.3. The van der Waals surface area contributed by atoms with E-state index in [1.165, 1.54) is 0 Å². The van der Waals surface area contributed by atoms with Gasteiger partial charge in [0.15, 0.2) is 0 Å². The van der Waals surface area contributed by atoms with Crippen LogP contribution in [-0.2, 0) is 6.61 Å². The van der Waals surface area contributed by atoms with E-state index in [-0.39, 0.29) is 0 Å². The fourth-order valence-corrected chi connectivity index (χ4v) is 1.38. The van der Waals surface area contributed by atoms with Crippen LogP contribution in [-0.4, -0.2) is 0 Å². The quantitative estimate of drug-likeness (QED) is 0.776. The molecule has 2 heteroatoms. The summed E-state index contributed by atoms with van der Waals surface area (Å²) in [5.41, 5.74) is 1.54. The summed E-state index contributed by atoms with van der Waals surface area (Å²) < 4.78 is 5.53. The number of hydrogen-bond donors (Lipinski definition) is 0. The highest BCUT2D eigenvalue weighted by Crippen LogP contribution is 2.13. The van der Waals surface area contributed by atoms with Gasteiger partial charge in [-0.2, -0.15) is 5.26 Å². The standard InChI is InChI=1S/C14H10NO/c15-10-12-6-4-5-7-13(12)11-16-14-8-2-1-3-9-14/h1-8H,11H2. The van der Waals surface area contributed by atoms with Gasteiger partial charge in [-0.3, -0.25) is 0 Å². The Morgan fingerprint density at radius 2 is 1.94 bits per heavy atom. The summed E-state index contributed by atoms with van der Waals surface area (Å²) in [6.07, 6.45) is 0. The fourth-order valence-electron chi connectivity index (χ4n) is 1.38. The number of para-hydroxylation sites is 1. The lowest BCUT2D eigenvalue weighted by Crippen LogP contribution is -1.97. The summed E-state index contributed by atoms with van der Waals surface area (Å²) in [5, 5.41) is 8.90. The van der Waals surface area contributed by atoms with E-state index in [0.29, 0.717) is 17.9 Å². The highest BCUT2D eigenvalue weighted by molar-refractivity contribution is 5.37. The Labute approximate surface area is 94.7 Å². The predicted octanol–water partition coefficient (Wildman–Crippen LogP) is 2.94. The summed E-state index contributed by atoms with van der Waals surface area (Å²) >= 11 is 0. The minimum Gasteiger partial charge on any atom is -0.488 e. The van der Waals surface area contributed by atoms with Crippen molar-refractivity contribution in [3.8, 4) is 11.8 Å². The van der Waals surface area contributed by atoms with Crippen LogP contribution in [0.25, 0.3) is 0 Å². The van der Waals surface area contributed by atoms with Crippen LogP contribution in [0.3, 0.4) is 0 Å². The van der Waals surface area contributed by atoms with Crippen molar-refractivity contribution in [1.29, 1.82) is 5.26 Å². The number of rotatable bonds is 3. The summed E-state index contributed by atoms with van der Waals surface area (Å²) in [6.45, 7) is 0.393. The third kappa shape index (κ3) is 2.40. The van der Waals surface area contributed by atoms with Gasteiger partial charge in [-0.1, -0.05) is 36.4 Å². The number of benzene rings is 2. The van der Waals surface area contributed by atoms with E-state index in [0.717, 1.165) is 5.56 Å². The Bertz CT molecular complexity index is 500. The zero-order chi connectivity index (χ0) is 11.2. The van der Waals surface area contributed by atoms with E-state index in [9.17, 15) is 0 Å². The van der Waals surface area contributed by atoms with Crippen LogP contribution < -0.4 is 4.74 Å². The molecule has 0 saturated carbocycles. The molecule has 2 aromatic carbocycles. The van der Waals surface area contributed by atoms with Crippen LogP contribution >= 0.6 is 0 Å². The first-order valence-corrected chi connectivity index (χ1v) is 4.97. The molecule has 0 heterocycles. The van der Waals surface area contributed by atoms with E-state index in [4.69, 9.17) is 10.00 Å². The molecule has 0 aliphatic carbocycles. The monoisotopic (exact) mass is 208 g/mol. The third-order valence-electron chi connectivity index (χ3n) is 2.20. The van der Waals surface area contributed by atoms with E-state index < -0.39 is 0 Å². The maximum absolute atomic E-state index is 8.90. The van der Waals surface area contributed by atoms with Crippen molar-refractivity contribution in [3.63, 3.8) is 0 Å². The van der Waals surface area contributed by atoms with Gasteiger partial charge in [0.05, 0.1) is 11.6 Å². The van der Waals surface area contributed by atoms with Gasteiger partial charge in [0, 0.05) is 11.6 Å². The first-order chi connectivity index (χ1) is 7.90. The number of hydrogen-bond acceptors (Lipinski definition) is 2. The Morgan fingerprint density at radius 3 is 2.69 bits per heavy atom. The Morgan fingerprint density at radius 1 is 1.12 bits per heavy atom. The summed E-state index contributed by atoms with van der Waals surface area (Å²) in [6, 6.07) is 19.9. The minimum absolute atomic E-state index is 0.393. The second-order valence-corrected chi connectivity index (χ2v) is 3.28. The van der Waals surface area contributed by atoms with Gasteiger partial charge in [-0.25, -0.2) is 0 Å². The zero-order valence-electron chi connectivity index (χ0n) is 8.68. The molecule has 77 valence electrons. The second kappa shape index (κ2) is 4.99. The Balaban J connectivity index is 2.09. The van der Waals surface area contributed by atoms with Crippen LogP contribution in [0.5, 0.6) is 5.75 Å². The van der Waals surface area contributed by atoms with Gasteiger partial charge < -0.3 is 4.74 Å². The average Bonchev–Trinajstić information content (AvgIpc) is 2.38. The molecular formula is C14H10NO. The van der Waals surface area contributed by atoms with Gasteiger partial charge in [-0.05, 0) is 12.1 Å². The van der Waals surface area contributed by atoms with E-state index in [1.807, 2.05) is 36.4 Å². The molecular weight excluding hydrogens is 198 g/mol. The zero-order valence-corrected chi connectivity index (χ0v) is 8.68. The minimum atomic E-state index is 0.393. The Kier molecular flexibility index (Phi) is 3.20. The van der Waals surface area contributed by atoms with Crippen LogP contribution in [0.4, 0.5) is 0 Å². The van der Waals surface area contributed by atoms with Crippen molar-refractivity contribution in [3.05, 3.63) is 65.7 Å². The number of nitrogens with zero attached hydrogens (tertiary/aromatic N) is 1. The molecule has 1 radical (unpaired) electrons. The molecule has 0 aromatic heterocycles. The lowest BCUT2D eigenvalue weighted by molar-refractivity contribution is 0.305. The normalized spacial score (nSPS) is 9.44. The smallest absolute Gasteiger partial charge is 0.127 e. The van der Waals surface area contributed by atoms with Gasteiger partial charge in [-0.15, -0.1) is 0 Å². The predicted molar refractivity (Wildman–Crippen MR) is 60.8 cm³/mol. The molecule has 0 amide bonds. The van der Waals surface area contributed by atoms with Crippen molar-refractivity contribution in [2.75, 3.05) is 0 Å². The molecule has 0 saturated heterocycles. The lowest BCUT2D eigenvalue weighted by atomic mass is 10.1. The second-order valence-electron chi connectivity index (χ2n) is 3.28. The highest BCUT2D eigenvalue weighted by Gasteiger charge is 2.01. The molecule has 16 heavy (non-hydrogen) atoms. The molecule has 0 aliphatic rings. The maximum atomic E-state index is 8.90. The van der Waals surface area contributed by atoms with E-state index >= 15 is 0 Å². The van der Waals surface area contributed by atoms with Crippen LogP contribution in [0, 0.1) is 17.4 Å². The van der Waals surface area contributed by atoms with Crippen LogP contribution in [0.15, 0.2) is 48.5 Å². The lowest BCUT2D eigenvalue weighted by Gasteiger charge is -2.06. The van der Waals surface area contributed by atoms with Crippen molar-refractivity contribution in [2.45, 2.75) is 6.61 Å². The van der Waals surface area contributed by atoms with Crippen LogP contribution in [0.1, 0.15) is 11.1 Å². The SMILES string of the molecule is N#Cc1ccccc1COc1[c]cccc1.